The maximum absolute atomic E-state index is 12.1. The number of anilines is 1. The summed E-state index contributed by atoms with van der Waals surface area (Å²) in [6.07, 6.45) is 5.02. The number of nitrogens with one attached hydrogen (secondary N) is 1. The highest BCUT2D eigenvalue weighted by atomic mass is 16.5. The Morgan fingerprint density at radius 2 is 2.00 bits per heavy atom. The molecule has 0 bridgehead atoms. The van der Waals surface area contributed by atoms with Crippen molar-refractivity contribution in [3.63, 3.8) is 0 Å². The van der Waals surface area contributed by atoms with Gasteiger partial charge in [-0.05, 0) is 43.2 Å². The summed E-state index contributed by atoms with van der Waals surface area (Å²) in [4.78, 5) is 12.1. The van der Waals surface area contributed by atoms with Gasteiger partial charge in [-0.25, -0.2) is 0 Å². The van der Waals surface area contributed by atoms with E-state index >= 15 is 0 Å². The fourth-order valence-corrected chi connectivity index (χ4v) is 2.46. The quantitative estimate of drug-likeness (QED) is 0.894. The van der Waals surface area contributed by atoms with Crippen LogP contribution in [0, 0.1) is 5.41 Å². The number of amides is 1. The summed E-state index contributed by atoms with van der Waals surface area (Å²) in [5.41, 5.74) is 6.44. The van der Waals surface area contributed by atoms with Crippen molar-refractivity contribution in [2.24, 2.45) is 11.1 Å². The Balaban J connectivity index is 1.98. The average molecular weight is 290 g/mol. The second-order valence-electron chi connectivity index (χ2n) is 6.89. The van der Waals surface area contributed by atoms with Crippen LogP contribution >= 0.6 is 0 Å². The summed E-state index contributed by atoms with van der Waals surface area (Å²) in [5.74, 6) is 0.643. The first-order chi connectivity index (χ1) is 9.86. The molecule has 2 rings (SSSR count). The van der Waals surface area contributed by atoms with Gasteiger partial charge in [-0.1, -0.05) is 26.8 Å². The lowest BCUT2D eigenvalue weighted by Crippen LogP contribution is -2.45. The van der Waals surface area contributed by atoms with Crippen molar-refractivity contribution in [2.75, 3.05) is 5.32 Å². The molecule has 4 nitrogen and oxygen atoms in total. The van der Waals surface area contributed by atoms with Gasteiger partial charge in [0.05, 0.1) is 12.1 Å². The number of hydrogen-bond donors (Lipinski definition) is 2. The van der Waals surface area contributed by atoms with E-state index in [1.807, 2.05) is 45.0 Å². The Morgan fingerprint density at radius 1 is 1.33 bits per heavy atom. The molecule has 0 spiro atoms. The second-order valence-corrected chi connectivity index (χ2v) is 6.89. The Morgan fingerprint density at radius 3 is 2.62 bits per heavy atom. The maximum Gasteiger partial charge on any atom is 0.241 e. The van der Waals surface area contributed by atoms with E-state index in [2.05, 4.69) is 5.32 Å². The number of benzene rings is 1. The van der Waals surface area contributed by atoms with Gasteiger partial charge < -0.3 is 15.8 Å². The predicted octanol–water partition coefficient (Wildman–Crippen LogP) is 3.32. The average Bonchev–Trinajstić information content (AvgIpc) is 2.90. The van der Waals surface area contributed by atoms with E-state index in [0.29, 0.717) is 6.10 Å². The van der Waals surface area contributed by atoms with Gasteiger partial charge in [-0.2, -0.15) is 0 Å². The molecule has 1 aliphatic carbocycles. The molecular formula is C17H26N2O2. The van der Waals surface area contributed by atoms with E-state index < -0.39 is 6.04 Å². The van der Waals surface area contributed by atoms with Crippen LogP contribution in [0.4, 0.5) is 5.69 Å². The number of carbonyl (C=O) groups excluding carboxylic acids is 1. The molecule has 0 saturated heterocycles. The van der Waals surface area contributed by atoms with Crippen LogP contribution in [0.3, 0.4) is 0 Å². The lowest BCUT2D eigenvalue weighted by molar-refractivity contribution is -0.119. The van der Waals surface area contributed by atoms with Gasteiger partial charge in [0.15, 0.2) is 0 Å². The molecule has 116 valence electrons. The number of nitrogens with two attached hydrogens (primary N) is 1. The SMILES string of the molecule is CC(C)(C)[C@H](N)C(=O)Nc1cccc(OC2CCCC2)c1. The number of rotatable bonds is 4. The summed E-state index contributed by atoms with van der Waals surface area (Å²) in [7, 11) is 0. The van der Waals surface area contributed by atoms with Crippen molar-refractivity contribution in [3.8, 4) is 5.75 Å². The molecule has 1 fully saturated rings. The number of hydrogen-bond acceptors (Lipinski definition) is 3. The molecule has 0 aliphatic heterocycles. The van der Waals surface area contributed by atoms with Crippen LogP contribution in [-0.2, 0) is 4.79 Å². The third-order valence-corrected chi connectivity index (χ3v) is 3.92. The third-order valence-electron chi connectivity index (χ3n) is 3.92. The van der Waals surface area contributed by atoms with Crippen LogP contribution < -0.4 is 15.8 Å². The minimum absolute atomic E-state index is 0.166. The minimum Gasteiger partial charge on any atom is -0.490 e. The van der Waals surface area contributed by atoms with Crippen molar-refractivity contribution < 1.29 is 9.53 Å². The van der Waals surface area contributed by atoms with E-state index in [4.69, 9.17) is 10.5 Å². The van der Waals surface area contributed by atoms with Crippen molar-refractivity contribution in [2.45, 2.75) is 58.6 Å². The highest BCUT2D eigenvalue weighted by molar-refractivity contribution is 5.95. The second kappa shape index (κ2) is 6.48. The summed E-state index contributed by atoms with van der Waals surface area (Å²) in [6.45, 7) is 5.87. The number of ether oxygens (including phenoxy) is 1. The first-order valence-corrected chi connectivity index (χ1v) is 7.69. The Kier molecular flexibility index (Phi) is 4.88. The molecule has 1 aromatic carbocycles. The van der Waals surface area contributed by atoms with E-state index in [1.54, 1.807) is 0 Å². The number of carbonyl (C=O) groups is 1. The lowest BCUT2D eigenvalue weighted by atomic mass is 9.87. The molecule has 21 heavy (non-hydrogen) atoms. The van der Waals surface area contributed by atoms with Gasteiger partial charge >= 0.3 is 0 Å². The van der Waals surface area contributed by atoms with Gasteiger partial charge in [0, 0.05) is 11.8 Å². The van der Waals surface area contributed by atoms with Crippen molar-refractivity contribution in [1.82, 2.24) is 0 Å². The van der Waals surface area contributed by atoms with Gasteiger partial charge in [0.1, 0.15) is 5.75 Å². The highest BCUT2D eigenvalue weighted by Gasteiger charge is 2.27. The Bertz CT molecular complexity index is 488. The van der Waals surface area contributed by atoms with Crippen LogP contribution in [0.15, 0.2) is 24.3 Å². The predicted molar refractivity (Wildman–Crippen MR) is 85.4 cm³/mol. The molecule has 1 aromatic rings. The highest BCUT2D eigenvalue weighted by Crippen LogP contribution is 2.26. The lowest BCUT2D eigenvalue weighted by Gasteiger charge is -2.25. The molecule has 0 unspecified atom stereocenters. The minimum atomic E-state index is -0.545. The first kappa shape index (κ1) is 15.8. The summed E-state index contributed by atoms with van der Waals surface area (Å²) < 4.78 is 5.94. The van der Waals surface area contributed by atoms with Gasteiger partial charge in [0.2, 0.25) is 5.91 Å². The van der Waals surface area contributed by atoms with Gasteiger partial charge in [0.25, 0.3) is 0 Å². The van der Waals surface area contributed by atoms with Crippen molar-refractivity contribution >= 4 is 11.6 Å². The molecule has 3 N–H and O–H groups in total. The van der Waals surface area contributed by atoms with Crippen molar-refractivity contribution in [3.05, 3.63) is 24.3 Å². The third kappa shape index (κ3) is 4.46. The van der Waals surface area contributed by atoms with Crippen LogP contribution in [0.2, 0.25) is 0 Å². The fraction of sp³-hybridized carbons (Fsp3) is 0.588. The summed E-state index contributed by atoms with van der Waals surface area (Å²) >= 11 is 0. The zero-order chi connectivity index (χ0) is 15.5. The molecule has 4 heteroatoms. The molecule has 0 radical (unpaired) electrons. The van der Waals surface area contributed by atoms with E-state index in [9.17, 15) is 4.79 Å². The smallest absolute Gasteiger partial charge is 0.241 e. The Labute approximate surface area is 127 Å². The molecule has 1 aliphatic rings. The normalized spacial score (nSPS) is 17.5. The zero-order valence-corrected chi connectivity index (χ0v) is 13.2. The molecule has 1 amide bonds. The molecular weight excluding hydrogens is 264 g/mol. The fourth-order valence-electron chi connectivity index (χ4n) is 2.46. The van der Waals surface area contributed by atoms with Crippen LogP contribution in [0.5, 0.6) is 5.75 Å². The monoisotopic (exact) mass is 290 g/mol. The molecule has 0 aromatic heterocycles. The summed E-state index contributed by atoms with van der Waals surface area (Å²) in [5, 5.41) is 2.87. The zero-order valence-electron chi connectivity index (χ0n) is 13.2. The molecule has 1 atom stereocenters. The maximum atomic E-state index is 12.1. The molecule has 1 saturated carbocycles. The van der Waals surface area contributed by atoms with Gasteiger partial charge in [-0.15, -0.1) is 0 Å². The topological polar surface area (TPSA) is 64.4 Å². The van der Waals surface area contributed by atoms with Gasteiger partial charge in [-0.3, -0.25) is 4.79 Å². The molecule has 0 heterocycles. The van der Waals surface area contributed by atoms with Crippen LogP contribution in [0.25, 0.3) is 0 Å². The van der Waals surface area contributed by atoms with Crippen LogP contribution in [0.1, 0.15) is 46.5 Å². The van der Waals surface area contributed by atoms with Crippen molar-refractivity contribution in [1.29, 1.82) is 0 Å². The summed E-state index contributed by atoms with van der Waals surface area (Å²) in [6, 6.07) is 7.00. The van der Waals surface area contributed by atoms with E-state index in [-0.39, 0.29) is 11.3 Å². The standard InChI is InChI=1S/C17H26N2O2/c1-17(2,3)15(18)16(20)19-12-7-6-10-14(11-12)21-13-8-4-5-9-13/h6-7,10-11,13,15H,4-5,8-9,18H2,1-3H3,(H,19,20)/t15-/m1/s1. The van der Waals surface area contributed by atoms with E-state index in [0.717, 1.165) is 24.3 Å². The van der Waals surface area contributed by atoms with Crippen LogP contribution in [-0.4, -0.2) is 18.1 Å². The van der Waals surface area contributed by atoms with E-state index in [1.165, 1.54) is 12.8 Å². The largest absolute Gasteiger partial charge is 0.490 e. The first-order valence-electron chi connectivity index (χ1n) is 7.69. The Hall–Kier alpha value is -1.55.